The Labute approximate surface area is 170 Å². The number of hydrogen-bond acceptors (Lipinski definition) is 4. The van der Waals surface area contributed by atoms with Gasteiger partial charge in [0.15, 0.2) is 0 Å². The number of fused-ring (bicyclic) bond motifs is 2. The van der Waals surface area contributed by atoms with Crippen molar-refractivity contribution < 1.29 is 24.5 Å². The molecule has 2 saturated heterocycles. The van der Waals surface area contributed by atoms with E-state index in [1.54, 1.807) is 12.1 Å². The number of aliphatic hydroxyl groups excluding tert-OH is 1. The Morgan fingerprint density at radius 2 is 1.83 bits per heavy atom. The molecule has 2 fully saturated rings. The molecular weight excluding hydrogens is 368 g/mol. The van der Waals surface area contributed by atoms with Crippen molar-refractivity contribution in [3.63, 3.8) is 0 Å². The lowest BCUT2D eigenvalue weighted by Crippen LogP contribution is -2.28. The van der Waals surface area contributed by atoms with E-state index in [2.05, 4.69) is 6.08 Å². The van der Waals surface area contributed by atoms with Crippen molar-refractivity contribution in [2.45, 2.75) is 37.6 Å². The summed E-state index contributed by atoms with van der Waals surface area (Å²) in [7, 11) is 0. The molecule has 2 aliphatic heterocycles. The second-order valence-corrected chi connectivity index (χ2v) is 7.81. The summed E-state index contributed by atoms with van der Waals surface area (Å²) in [4.78, 5) is 11.0. The standard InChI is InChI=1S/C24H26O5/c25-18(15-28-19-4-2-1-3-5-19)10-11-20-21(23-13-12-22(20)29-23)14-16-6-8-17(9-7-16)24(26)27/h1-11,18,20-23,25H,12-15H2,(H,26,27)/b11-10+/t18?,20-,21+,22-,23+/m0/s1. The highest BCUT2D eigenvalue weighted by molar-refractivity contribution is 5.87. The molecule has 0 saturated carbocycles. The molecule has 2 aromatic carbocycles. The zero-order chi connectivity index (χ0) is 20.2. The van der Waals surface area contributed by atoms with Crippen LogP contribution in [-0.2, 0) is 11.2 Å². The normalized spacial score (nSPS) is 26.7. The summed E-state index contributed by atoms with van der Waals surface area (Å²) in [5, 5.41) is 19.4. The average molecular weight is 394 g/mol. The maximum absolute atomic E-state index is 11.0. The van der Waals surface area contributed by atoms with Crippen molar-refractivity contribution in [3.8, 4) is 5.75 Å². The molecule has 0 aliphatic carbocycles. The van der Waals surface area contributed by atoms with E-state index in [0.717, 1.165) is 30.6 Å². The first-order valence-corrected chi connectivity index (χ1v) is 10.1. The van der Waals surface area contributed by atoms with Crippen molar-refractivity contribution in [2.24, 2.45) is 11.8 Å². The number of rotatable bonds is 8. The van der Waals surface area contributed by atoms with Gasteiger partial charge in [-0.05, 0) is 55.0 Å². The van der Waals surface area contributed by atoms with Crippen LogP contribution in [0.15, 0.2) is 66.7 Å². The Kier molecular flexibility index (Phi) is 5.97. The number of para-hydroxylation sites is 1. The fourth-order valence-corrected chi connectivity index (χ4v) is 4.41. The van der Waals surface area contributed by atoms with Gasteiger partial charge in [0, 0.05) is 5.92 Å². The van der Waals surface area contributed by atoms with Crippen LogP contribution in [0.5, 0.6) is 5.75 Å². The molecule has 2 aromatic rings. The third-order valence-corrected chi connectivity index (χ3v) is 5.88. The molecule has 2 bridgehead atoms. The molecule has 5 nitrogen and oxygen atoms in total. The van der Waals surface area contributed by atoms with Gasteiger partial charge in [0.25, 0.3) is 0 Å². The minimum atomic E-state index is -0.910. The Balaban J connectivity index is 1.37. The second-order valence-electron chi connectivity index (χ2n) is 7.81. The molecule has 0 radical (unpaired) electrons. The molecule has 2 heterocycles. The van der Waals surface area contributed by atoms with Gasteiger partial charge in [-0.1, -0.05) is 42.5 Å². The van der Waals surface area contributed by atoms with Gasteiger partial charge in [-0.3, -0.25) is 0 Å². The van der Waals surface area contributed by atoms with E-state index in [9.17, 15) is 9.90 Å². The van der Waals surface area contributed by atoms with Crippen LogP contribution in [0.2, 0.25) is 0 Å². The highest BCUT2D eigenvalue weighted by Gasteiger charge is 2.47. The van der Waals surface area contributed by atoms with Crippen LogP contribution in [0.4, 0.5) is 0 Å². The summed E-state index contributed by atoms with van der Waals surface area (Å²) in [6.07, 6.45) is 6.60. The van der Waals surface area contributed by atoms with E-state index in [-0.39, 0.29) is 24.7 Å². The molecule has 0 aromatic heterocycles. The molecule has 2 aliphatic rings. The van der Waals surface area contributed by atoms with Gasteiger partial charge >= 0.3 is 5.97 Å². The lowest BCUT2D eigenvalue weighted by molar-refractivity contribution is 0.0696. The second kappa shape index (κ2) is 8.80. The smallest absolute Gasteiger partial charge is 0.335 e. The minimum absolute atomic E-state index is 0.196. The van der Waals surface area contributed by atoms with E-state index < -0.39 is 12.1 Å². The number of carboxylic acids is 1. The Hall–Kier alpha value is -2.63. The van der Waals surface area contributed by atoms with Gasteiger partial charge < -0.3 is 19.7 Å². The van der Waals surface area contributed by atoms with Gasteiger partial charge in [0.05, 0.1) is 17.8 Å². The fraction of sp³-hybridized carbons (Fsp3) is 0.375. The highest BCUT2D eigenvalue weighted by Crippen LogP contribution is 2.45. The van der Waals surface area contributed by atoms with Gasteiger partial charge in [0.2, 0.25) is 0 Å². The summed E-state index contributed by atoms with van der Waals surface area (Å²) in [6, 6.07) is 16.5. The van der Waals surface area contributed by atoms with E-state index >= 15 is 0 Å². The number of carbonyl (C=O) groups is 1. The van der Waals surface area contributed by atoms with Crippen LogP contribution in [0.25, 0.3) is 0 Å². The summed E-state index contributed by atoms with van der Waals surface area (Å²) < 4.78 is 11.8. The van der Waals surface area contributed by atoms with Gasteiger partial charge in [-0.2, -0.15) is 0 Å². The molecule has 152 valence electrons. The summed E-state index contributed by atoms with van der Waals surface area (Å²) in [5.41, 5.74) is 1.42. The van der Waals surface area contributed by atoms with Crippen molar-refractivity contribution >= 4 is 5.97 Å². The molecule has 5 heteroatoms. The number of ether oxygens (including phenoxy) is 2. The highest BCUT2D eigenvalue weighted by atomic mass is 16.5. The van der Waals surface area contributed by atoms with Crippen molar-refractivity contribution in [1.29, 1.82) is 0 Å². The van der Waals surface area contributed by atoms with Crippen molar-refractivity contribution in [2.75, 3.05) is 6.61 Å². The van der Waals surface area contributed by atoms with Crippen LogP contribution >= 0.6 is 0 Å². The van der Waals surface area contributed by atoms with Gasteiger partial charge in [-0.25, -0.2) is 4.79 Å². The Morgan fingerprint density at radius 1 is 1.10 bits per heavy atom. The average Bonchev–Trinajstić information content (AvgIpc) is 3.34. The van der Waals surface area contributed by atoms with Crippen molar-refractivity contribution in [3.05, 3.63) is 77.9 Å². The first kappa shape index (κ1) is 19.7. The maximum Gasteiger partial charge on any atom is 0.335 e. The van der Waals surface area contributed by atoms with E-state index in [0.29, 0.717) is 11.5 Å². The first-order valence-electron chi connectivity index (χ1n) is 10.1. The number of carboxylic acid groups (broad SMARTS) is 1. The largest absolute Gasteiger partial charge is 0.491 e. The molecule has 1 unspecified atom stereocenters. The SMILES string of the molecule is O=C(O)c1ccc(C[C@@H]2[C@H](/C=C/C(O)COc3ccccc3)[C@@H]3CC[C@H]2O3)cc1. The third-order valence-electron chi connectivity index (χ3n) is 5.88. The van der Waals surface area contributed by atoms with E-state index in [1.165, 1.54) is 0 Å². The Bertz CT molecular complexity index is 845. The summed E-state index contributed by atoms with van der Waals surface area (Å²) in [6.45, 7) is 0.212. The fourth-order valence-electron chi connectivity index (χ4n) is 4.41. The van der Waals surface area contributed by atoms with Crippen LogP contribution in [0.1, 0.15) is 28.8 Å². The zero-order valence-corrected chi connectivity index (χ0v) is 16.2. The number of hydrogen-bond donors (Lipinski definition) is 2. The number of aromatic carboxylic acids is 1. The summed E-state index contributed by atoms with van der Waals surface area (Å²) in [5.74, 6) is 0.417. The van der Waals surface area contributed by atoms with Crippen LogP contribution in [0.3, 0.4) is 0 Å². The number of aliphatic hydroxyl groups is 1. The van der Waals surface area contributed by atoms with Gasteiger partial charge in [-0.15, -0.1) is 0 Å². The lowest BCUT2D eigenvalue weighted by Gasteiger charge is -2.26. The topological polar surface area (TPSA) is 76.0 Å². The van der Waals surface area contributed by atoms with Crippen LogP contribution < -0.4 is 4.74 Å². The van der Waals surface area contributed by atoms with E-state index in [1.807, 2.05) is 48.5 Å². The maximum atomic E-state index is 11.0. The zero-order valence-electron chi connectivity index (χ0n) is 16.2. The predicted molar refractivity (Wildman–Crippen MR) is 109 cm³/mol. The predicted octanol–water partition coefficient (Wildman–Crippen LogP) is 3.72. The van der Waals surface area contributed by atoms with E-state index in [4.69, 9.17) is 14.6 Å². The number of benzene rings is 2. The Morgan fingerprint density at radius 3 is 2.55 bits per heavy atom. The van der Waals surface area contributed by atoms with Gasteiger partial charge in [0.1, 0.15) is 18.5 Å². The molecule has 0 spiro atoms. The molecule has 2 N–H and O–H groups in total. The first-order chi connectivity index (χ1) is 14.1. The summed E-state index contributed by atoms with van der Waals surface area (Å²) >= 11 is 0. The molecule has 0 amide bonds. The lowest BCUT2D eigenvalue weighted by atomic mass is 9.76. The molecule has 5 atom stereocenters. The monoisotopic (exact) mass is 394 g/mol. The molecular formula is C24H26O5. The van der Waals surface area contributed by atoms with Crippen LogP contribution in [0, 0.1) is 11.8 Å². The quantitative estimate of drug-likeness (QED) is 0.668. The molecule has 29 heavy (non-hydrogen) atoms. The minimum Gasteiger partial charge on any atom is -0.491 e. The van der Waals surface area contributed by atoms with Crippen molar-refractivity contribution in [1.82, 2.24) is 0 Å². The third kappa shape index (κ3) is 4.69. The molecule has 4 rings (SSSR count). The van der Waals surface area contributed by atoms with Crippen LogP contribution in [-0.4, -0.2) is 41.1 Å².